The fourth-order valence-electron chi connectivity index (χ4n) is 2.06. The molecule has 0 aliphatic rings. The summed E-state index contributed by atoms with van der Waals surface area (Å²) in [5.41, 5.74) is 6.40. The van der Waals surface area contributed by atoms with Gasteiger partial charge >= 0.3 is 5.97 Å². The summed E-state index contributed by atoms with van der Waals surface area (Å²) < 4.78 is 36.8. The lowest BCUT2D eigenvalue weighted by molar-refractivity contribution is -0.141. The molecule has 0 heterocycles. The highest BCUT2D eigenvalue weighted by Crippen LogP contribution is 2.19. The Kier molecular flexibility index (Phi) is 15.7. The molecule has 0 aliphatic heterocycles. The van der Waals surface area contributed by atoms with Crippen LogP contribution in [0.3, 0.4) is 0 Å². The van der Waals surface area contributed by atoms with E-state index in [0.717, 1.165) is 0 Å². The fraction of sp³-hybridized carbons (Fsp3) is 0.650. The Labute approximate surface area is 172 Å². The van der Waals surface area contributed by atoms with E-state index in [0.29, 0.717) is 84.1 Å². The number of anilines is 1. The summed E-state index contributed by atoms with van der Waals surface area (Å²) in [6, 6.07) is 7.35. The van der Waals surface area contributed by atoms with Crippen LogP contribution in [0.4, 0.5) is 5.69 Å². The number of carbonyl (C=O) groups is 1. The van der Waals surface area contributed by atoms with Crippen LogP contribution in [0.15, 0.2) is 24.3 Å². The number of hydrogen-bond acceptors (Lipinski definition) is 9. The van der Waals surface area contributed by atoms with Crippen LogP contribution >= 0.6 is 0 Å². The summed E-state index contributed by atoms with van der Waals surface area (Å²) in [6.45, 7) is 5.09. The van der Waals surface area contributed by atoms with E-state index in [9.17, 15) is 4.79 Å². The van der Waals surface area contributed by atoms with Crippen molar-refractivity contribution in [2.24, 2.45) is 0 Å². The van der Waals surface area contributed by atoms with Crippen molar-refractivity contribution in [3.05, 3.63) is 24.3 Å². The van der Waals surface area contributed by atoms with Crippen LogP contribution in [0.25, 0.3) is 0 Å². The Hall–Kier alpha value is -1.91. The van der Waals surface area contributed by atoms with Gasteiger partial charge in [0.25, 0.3) is 0 Å². The van der Waals surface area contributed by atoms with Gasteiger partial charge in [-0.1, -0.05) is 12.1 Å². The van der Waals surface area contributed by atoms with Crippen molar-refractivity contribution in [1.82, 2.24) is 0 Å². The third-order valence-corrected chi connectivity index (χ3v) is 3.57. The highest BCUT2D eigenvalue weighted by Gasteiger charge is 1.99. The van der Waals surface area contributed by atoms with Crippen molar-refractivity contribution in [1.29, 1.82) is 0 Å². The van der Waals surface area contributed by atoms with Gasteiger partial charge in [0, 0.05) is 0 Å². The quantitative estimate of drug-likeness (QED) is 0.203. The van der Waals surface area contributed by atoms with E-state index in [1.165, 1.54) is 7.11 Å². The molecule has 1 aromatic carbocycles. The molecule has 9 nitrogen and oxygen atoms in total. The van der Waals surface area contributed by atoms with Gasteiger partial charge in [0.05, 0.1) is 85.3 Å². The zero-order valence-corrected chi connectivity index (χ0v) is 17.1. The number of methoxy groups -OCH3 is 1. The molecular formula is C20H33NO8. The molecule has 1 aromatic rings. The number of hydrogen-bond donors (Lipinski definition) is 1. The normalized spacial score (nSPS) is 10.8. The van der Waals surface area contributed by atoms with Gasteiger partial charge in [0.1, 0.15) is 12.4 Å². The van der Waals surface area contributed by atoms with Gasteiger partial charge in [-0.2, -0.15) is 0 Å². The third kappa shape index (κ3) is 14.7. The van der Waals surface area contributed by atoms with Crippen molar-refractivity contribution in [2.75, 3.05) is 85.5 Å². The first kappa shape index (κ1) is 25.1. The molecular weight excluding hydrogens is 382 g/mol. The number of benzene rings is 1. The molecule has 0 fully saturated rings. The molecule has 0 aliphatic carbocycles. The van der Waals surface area contributed by atoms with E-state index in [1.54, 1.807) is 6.07 Å². The molecule has 29 heavy (non-hydrogen) atoms. The van der Waals surface area contributed by atoms with Gasteiger partial charge in [0.2, 0.25) is 0 Å². The first-order chi connectivity index (χ1) is 14.2. The maximum atomic E-state index is 10.9. The highest BCUT2D eigenvalue weighted by atomic mass is 16.6. The number of para-hydroxylation sites is 2. The van der Waals surface area contributed by atoms with Gasteiger partial charge in [-0.05, 0) is 12.1 Å². The predicted octanol–water partition coefficient (Wildman–Crippen LogP) is 1.29. The molecule has 0 atom stereocenters. The van der Waals surface area contributed by atoms with E-state index in [4.69, 9.17) is 34.2 Å². The molecule has 0 spiro atoms. The predicted molar refractivity (Wildman–Crippen MR) is 107 cm³/mol. The van der Waals surface area contributed by atoms with Gasteiger partial charge in [0.15, 0.2) is 0 Å². The fourth-order valence-corrected chi connectivity index (χ4v) is 2.06. The van der Waals surface area contributed by atoms with E-state index < -0.39 is 0 Å². The summed E-state index contributed by atoms with van der Waals surface area (Å²) >= 11 is 0. The monoisotopic (exact) mass is 415 g/mol. The Bertz CT molecular complexity index is 529. The standard InChI is InChI=1S/C20H33NO8/c1-23-20(22)6-7-24-8-9-25-10-11-26-12-13-27-14-15-28-16-17-29-19-5-3-2-4-18(19)21/h2-5H,6-17,21H2,1H3. The number of carbonyl (C=O) groups excluding carboxylic acids is 1. The maximum Gasteiger partial charge on any atom is 0.307 e. The SMILES string of the molecule is COC(=O)CCOCCOCCOCCOCCOCCOc1ccccc1N. The summed E-state index contributed by atoms with van der Waals surface area (Å²) in [5, 5.41) is 0. The topological polar surface area (TPSA) is 108 Å². The molecule has 0 radical (unpaired) electrons. The van der Waals surface area contributed by atoms with E-state index in [2.05, 4.69) is 4.74 Å². The number of nitrogen functional groups attached to an aromatic ring is 1. The number of esters is 1. The summed E-state index contributed by atoms with van der Waals surface area (Å²) in [4.78, 5) is 10.9. The number of ether oxygens (including phenoxy) is 7. The van der Waals surface area contributed by atoms with E-state index in [-0.39, 0.29) is 12.4 Å². The average molecular weight is 415 g/mol. The van der Waals surface area contributed by atoms with Crippen LogP contribution in [0.2, 0.25) is 0 Å². The maximum absolute atomic E-state index is 10.9. The molecule has 2 N–H and O–H groups in total. The number of rotatable bonds is 19. The van der Waals surface area contributed by atoms with Gasteiger partial charge in [-0.3, -0.25) is 4.79 Å². The third-order valence-electron chi connectivity index (χ3n) is 3.57. The van der Waals surface area contributed by atoms with Crippen LogP contribution in [-0.2, 0) is 33.2 Å². The molecule has 0 unspecified atom stereocenters. The molecule has 0 bridgehead atoms. The molecule has 166 valence electrons. The van der Waals surface area contributed by atoms with Crippen molar-refractivity contribution >= 4 is 11.7 Å². The Morgan fingerprint density at radius 1 is 0.724 bits per heavy atom. The smallest absolute Gasteiger partial charge is 0.307 e. The van der Waals surface area contributed by atoms with Gasteiger partial charge < -0.3 is 38.9 Å². The zero-order valence-electron chi connectivity index (χ0n) is 17.1. The van der Waals surface area contributed by atoms with E-state index >= 15 is 0 Å². The lowest BCUT2D eigenvalue weighted by Gasteiger charge is -2.09. The van der Waals surface area contributed by atoms with Crippen molar-refractivity contribution in [3.63, 3.8) is 0 Å². The van der Waals surface area contributed by atoms with Crippen LogP contribution in [0.5, 0.6) is 5.75 Å². The lowest BCUT2D eigenvalue weighted by Crippen LogP contribution is -2.14. The van der Waals surface area contributed by atoms with Crippen LogP contribution in [0, 0.1) is 0 Å². The summed E-state index contributed by atoms with van der Waals surface area (Å²) in [5.74, 6) is 0.385. The van der Waals surface area contributed by atoms with Gasteiger partial charge in [-0.15, -0.1) is 0 Å². The first-order valence-corrected chi connectivity index (χ1v) is 9.67. The second kappa shape index (κ2) is 18.1. The van der Waals surface area contributed by atoms with Crippen LogP contribution in [0.1, 0.15) is 6.42 Å². The van der Waals surface area contributed by atoms with Crippen molar-refractivity contribution < 1.29 is 38.0 Å². The summed E-state index contributed by atoms with van der Waals surface area (Å²) in [7, 11) is 1.35. The Morgan fingerprint density at radius 2 is 1.17 bits per heavy atom. The molecule has 0 saturated heterocycles. The molecule has 0 amide bonds. The van der Waals surface area contributed by atoms with Crippen molar-refractivity contribution in [3.8, 4) is 5.75 Å². The number of nitrogens with two attached hydrogens (primary N) is 1. The average Bonchev–Trinajstić information content (AvgIpc) is 2.73. The lowest BCUT2D eigenvalue weighted by atomic mass is 10.3. The first-order valence-electron chi connectivity index (χ1n) is 9.67. The van der Waals surface area contributed by atoms with Crippen LogP contribution in [-0.4, -0.2) is 85.8 Å². The zero-order chi connectivity index (χ0) is 21.0. The Balaban J connectivity index is 1.73. The molecule has 1 rings (SSSR count). The minimum Gasteiger partial charge on any atom is -0.489 e. The minimum absolute atomic E-state index is 0.251. The largest absolute Gasteiger partial charge is 0.489 e. The van der Waals surface area contributed by atoms with Crippen molar-refractivity contribution in [2.45, 2.75) is 6.42 Å². The Morgan fingerprint density at radius 3 is 1.66 bits per heavy atom. The highest BCUT2D eigenvalue weighted by molar-refractivity contribution is 5.69. The van der Waals surface area contributed by atoms with Gasteiger partial charge in [-0.25, -0.2) is 0 Å². The molecule has 9 heteroatoms. The molecule has 0 aromatic heterocycles. The second-order valence-corrected chi connectivity index (χ2v) is 5.77. The van der Waals surface area contributed by atoms with E-state index in [1.807, 2.05) is 18.2 Å². The van der Waals surface area contributed by atoms with Crippen LogP contribution < -0.4 is 10.5 Å². The molecule has 0 saturated carbocycles. The minimum atomic E-state index is -0.282. The summed E-state index contributed by atoms with van der Waals surface area (Å²) in [6.07, 6.45) is 0.251. The second-order valence-electron chi connectivity index (χ2n) is 5.77.